The Bertz CT molecular complexity index is 1120. The maximum absolute atomic E-state index is 13.1. The van der Waals surface area contributed by atoms with Crippen molar-refractivity contribution in [2.45, 2.75) is 20.8 Å². The van der Waals surface area contributed by atoms with Crippen molar-refractivity contribution >= 4 is 67.9 Å². The summed E-state index contributed by atoms with van der Waals surface area (Å²) in [5, 5.41) is 0. The molecule has 0 spiro atoms. The van der Waals surface area contributed by atoms with Gasteiger partial charge in [0.15, 0.2) is 22.4 Å². The Kier molecular flexibility index (Phi) is 7.97. The molecule has 0 saturated carbocycles. The summed E-state index contributed by atoms with van der Waals surface area (Å²) >= 11 is 10.2. The van der Waals surface area contributed by atoms with Crippen LogP contribution in [-0.2, 0) is 14.3 Å². The number of ether oxygens (including phenoxy) is 3. The molecule has 0 atom stereocenters. The number of thiocarbonyl (C=S) groups is 1. The largest absolute Gasteiger partial charge is 0.493 e. The van der Waals surface area contributed by atoms with Gasteiger partial charge >= 0.3 is 5.97 Å². The number of amides is 1. The van der Waals surface area contributed by atoms with Gasteiger partial charge in [-0.05, 0) is 83.7 Å². The fourth-order valence-corrected chi connectivity index (χ4v) is 4.88. The molecule has 3 rings (SSSR count). The molecule has 1 amide bonds. The van der Waals surface area contributed by atoms with E-state index in [4.69, 9.17) is 26.4 Å². The van der Waals surface area contributed by atoms with E-state index < -0.39 is 5.97 Å². The summed E-state index contributed by atoms with van der Waals surface area (Å²) in [5.41, 5.74) is 3.71. The van der Waals surface area contributed by atoms with Crippen LogP contribution in [0.5, 0.6) is 11.5 Å². The van der Waals surface area contributed by atoms with Crippen molar-refractivity contribution in [3.63, 3.8) is 0 Å². The van der Waals surface area contributed by atoms with Crippen molar-refractivity contribution < 1.29 is 23.8 Å². The Balaban J connectivity index is 1.87. The maximum atomic E-state index is 13.1. The van der Waals surface area contributed by atoms with Crippen molar-refractivity contribution in [1.29, 1.82) is 0 Å². The first-order chi connectivity index (χ1) is 15.2. The summed E-state index contributed by atoms with van der Waals surface area (Å²) in [7, 11) is 1.50. The molecule has 168 valence electrons. The van der Waals surface area contributed by atoms with Gasteiger partial charge in [-0.3, -0.25) is 9.69 Å². The quantitative estimate of drug-likeness (QED) is 0.266. The summed E-state index contributed by atoms with van der Waals surface area (Å²) in [6.07, 6.45) is 1.75. The number of hydrogen-bond donors (Lipinski definition) is 0. The monoisotopic (exact) mass is 535 g/mol. The Hall–Kier alpha value is -2.36. The van der Waals surface area contributed by atoms with Crippen LogP contribution in [0.4, 0.5) is 5.69 Å². The van der Waals surface area contributed by atoms with Crippen molar-refractivity contribution in [1.82, 2.24) is 0 Å². The lowest BCUT2D eigenvalue weighted by atomic mass is 10.1. The van der Waals surface area contributed by atoms with E-state index in [1.807, 2.05) is 32.0 Å². The molecule has 1 aliphatic rings. The predicted octanol–water partition coefficient (Wildman–Crippen LogP) is 5.42. The van der Waals surface area contributed by atoms with Crippen LogP contribution >= 0.6 is 39.9 Å². The van der Waals surface area contributed by atoms with Gasteiger partial charge in [0.25, 0.3) is 5.91 Å². The summed E-state index contributed by atoms with van der Waals surface area (Å²) in [6, 6.07) is 9.34. The summed E-state index contributed by atoms with van der Waals surface area (Å²) in [4.78, 5) is 26.7. The van der Waals surface area contributed by atoms with Crippen molar-refractivity contribution in [2.24, 2.45) is 0 Å². The second-order valence-corrected chi connectivity index (χ2v) is 9.44. The number of hydrogen-bond acceptors (Lipinski definition) is 7. The lowest BCUT2D eigenvalue weighted by Crippen LogP contribution is -2.27. The van der Waals surface area contributed by atoms with Crippen LogP contribution in [0.15, 0.2) is 39.7 Å². The average Bonchev–Trinajstić information content (AvgIpc) is 3.02. The van der Waals surface area contributed by atoms with Crippen LogP contribution in [0.2, 0.25) is 0 Å². The number of anilines is 1. The van der Waals surface area contributed by atoms with Crippen LogP contribution in [0.1, 0.15) is 23.6 Å². The van der Waals surface area contributed by atoms with Gasteiger partial charge in [0.05, 0.1) is 28.8 Å². The van der Waals surface area contributed by atoms with E-state index in [-0.39, 0.29) is 19.1 Å². The lowest BCUT2D eigenvalue weighted by molar-refractivity contribution is -0.145. The first-order valence-electron chi connectivity index (χ1n) is 9.76. The highest BCUT2D eigenvalue weighted by Crippen LogP contribution is 2.40. The lowest BCUT2D eigenvalue weighted by Gasteiger charge is -2.16. The van der Waals surface area contributed by atoms with Crippen LogP contribution < -0.4 is 14.4 Å². The first-order valence-corrected chi connectivity index (χ1v) is 11.8. The third kappa shape index (κ3) is 5.33. The zero-order valence-corrected chi connectivity index (χ0v) is 21.3. The zero-order chi connectivity index (χ0) is 23.4. The van der Waals surface area contributed by atoms with Gasteiger partial charge < -0.3 is 14.2 Å². The maximum Gasteiger partial charge on any atom is 0.344 e. The van der Waals surface area contributed by atoms with Crippen LogP contribution in [0, 0.1) is 13.8 Å². The molecule has 32 heavy (non-hydrogen) atoms. The molecule has 9 heteroatoms. The van der Waals surface area contributed by atoms with Crippen molar-refractivity contribution in [2.75, 3.05) is 25.2 Å². The highest BCUT2D eigenvalue weighted by atomic mass is 79.9. The number of nitrogens with zero attached hydrogens (tertiary/aromatic N) is 1. The molecule has 0 aromatic heterocycles. The minimum Gasteiger partial charge on any atom is -0.493 e. The molecule has 0 N–H and O–H groups in total. The number of benzene rings is 2. The minimum atomic E-state index is -0.472. The van der Waals surface area contributed by atoms with Gasteiger partial charge in [-0.1, -0.05) is 30.0 Å². The molecule has 0 aliphatic carbocycles. The SMILES string of the molecule is CCOC(=O)COc1c(Br)cc(/C=C2/SC(=S)N(c3ccc(C)c(C)c3)C2=O)cc1OC. The standard InChI is InChI=1S/C23H22BrNO5S2/c1-5-29-20(26)12-30-21-17(24)9-15(10-18(21)28-4)11-19-22(27)25(23(31)32-19)16-7-6-13(2)14(3)8-16/h6-11H,5,12H2,1-4H3/b19-11+. The molecule has 1 aliphatic heterocycles. The van der Waals surface area contributed by atoms with Crippen LogP contribution in [0.25, 0.3) is 6.08 Å². The molecule has 2 aromatic carbocycles. The van der Waals surface area contributed by atoms with Crippen molar-refractivity contribution in [3.8, 4) is 11.5 Å². The molecule has 1 heterocycles. The highest BCUT2D eigenvalue weighted by molar-refractivity contribution is 9.10. The Morgan fingerprint density at radius 2 is 1.97 bits per heavy atom. The number of thioether (sulfide) groups is 1. The molecule has 1 fully saturated rings. The van der Waals surface area contributed by atoms with E-state index in [1.54, 1.807) is 30.0 Å². The van der Waals surface area contributed by atoms with Gasteiger partial charge in [-0.25, -0.2) is 4.79 Å². The molecule has 0 bridgehead atoms. The number of methoxy groups -OCH3 is 1. The van der Waals surface area contributed by atoms with Crippen molar-refractivity contribution in [3.05, 3.63) is 56.4 Å². The summed E-state index contributed by atoms with van der Waals surface area (Å²) in [6.45, 7) is 5.79. The van der Waals surface area contributed by atoms with E-state index in [9.17, 15) is 9.59 Å². The van der Waals surface area contributed by atoms with Gasteiger partial charge in [0.1, 0.15) is 0 Å². The topological polar surface area (TPSA) is 65.1 Å². The van der Waals surface area contributed by atoms with Gasteiger partial charge in [0, 0.05) is 0 Å². The van der Waals surface area contributed by atoms with Gasteiger partial charge in [0.2, 0.25) is 0 Å². The first kappa shape index (κ1) is 24.3. The average molecular weight is 536 g/mol. The fourth-order valence-electron chi connectivity index (χ4n) is 3.00. The fraction of sp³-hybridized carbons (Fsp3) is 0.261. The second-order valence-electron chi connectivity index (χ2n) is 6.91. The normalized spacial score (nSPS) is 14.8. The van der Waals surface area contributed by atoms with E-state index in [1.165, 1.54) is 18.9 Å². The number of esters is 1. The number of rotatable bonds is 7. The molecular weight excluding hydrogens is 514 g/mol. The van der Waals surface area contributed by atoms with E-state index in [2.05, 4.69) is 15.9 Å². The highest BCUT2D eigenvalue weighted by Gasteiger charge is 2.33. The van der Waals surface area contributed by atoms with E-state index in [0.29, 0.717) is 25.2 Å². The predicted molar refractivity (Wildman–Crippen MR) is 134 cm³/mol. The minimum absolute atomic E-state index is 0.180. The van der Waals surface area contributed by atoms with E-state index in [0.717, 1.165) is 22.4 Å². The summed E-state index contributed by atoms with van der Waals surface area (Å²) in [5.74, 6) is 0.140. The third-order valence-electron chi connectivity index (χ3n) is 4.73. The molecule has 0 unspecified atom stereocenters. The van der Waals surface area contributed by atoms with Gasteiger partial charge in [-0.15, -0.1) is 0 Å². The number of carbonyl (C=O) groups excluding carboxylic acids is 2. The molecule has 1 saturated heterocycles. The number of carbonyl (C=O) groups is 2. The Morgan fingerprint density at radius 1 is 1.22 bits per heavy atom. The van der Waals surface area contributed by atoms with Gasteiger partial charge in [-0.2, -0.15) is 0 Å². The second kappa shape index (κ2) is 10.5. The van der Waals surface area contributed by atoms with E-state index >= 15 is 0 Å². The van der Waals surface area contributed by atoms with Crippen LogP contribution in [-0.4, -0.2) is 36.5 Å². The smallest absolute Gasteiger partial charge is 0.344 e. The number of halogens is 1. The zero-order valence-electron chi connectivity index (χ0n) is 18.1. The third-order valence-corrected chi connectivity index (χ3v) is 6.62. The Labute approximate surface area is 205 Å². The van der Waals surface area contributed by atoms with Crippen LogP contribution in [0.3, 0.4) is 0 Å². The Morgan fingerprint density at radius 3 is 2.62 bits per heavy atom. The number of aryl methyl sites for hydroxylation is 2. The molecule has 0 radical (unpaired) electrons. The molecule has 2 aromatic rings. The molecule has 6 nitrogen and oxygen atoms in total. The summed E-state index contributed by atoms with van der Waals surface area (Å²) < 4.78 is 16.9. The molecular formula is C23H22BrNO5S2.